The van der Waals surface area contributed by atoms with Crippen LogP contribution in [0.1, 0.15) is 51.1 Å². The molecule has 0 aliphatic heterocycles. The molecule has 0 radical (unpaired) electrons. The van der Waals surface area contributed by atoms with E-state index in [9.17, 15) is 14.0 Å². The van der Waals surface area contributed by atoms with Gasteiger partial charge in [0.1, 0.15) is 11.9 Å². The second kappa shape index (κ2) is 8.11. The average Bonchev–Trinajstić information content (AvgIpc) is 3.16. The molecular formula is C25H23FN2O2. The van der Waals surface area contributed by atoms with E-state index in [0.29, 0.717) is 29.5 Å². The third-order valence-corrected chi connectivity index (χ3v) is 5.66. The fourth-order valence-corrected chi connectivity index (χ4v) is 4.35. The number of hydrogen-bond donors (Lipinski definition) is 1. The number of nitrogens with zero attached hydrogens (tertiary/aromatic N) is 1. The van der Waals surface area contributed by atoms with Crippen molar-refractivity contribution in [3.8, 4) is 0 Å². The lowest BCUT2D eigenvalue weighted by Gasteiger charge is -2.36. The molecule has 0 saturated carbocycles. The van der Waals surface area contributed by atoms with E-state index in [2.05, 4.69) is 0 Å². The maximum atomic E-state index is 14.6. The minimum atomic E-state index is -0.960. The second-order valence-corrected chi connectivity index (χ2v) is 7.66. The molecular weight excluding hydrogens is 379 g/mol. The van der Waals surface area contributed by atoms with Gasteiger partial charge >= 0.3 is 0 Å². The summed E-state index contributed by atoms with van der Waals surface area (Å²) in [7, 11) is 0. The summed E-state index contributed by atoms with van der Waals surface area (Å²) < 4.78 is 14.6. The first-order chi connectivity index (χ1) is 14.5. The van der Waals surface area contributed by atoms with Crippen LogP contribution in [0, 0.1) is 12.7 Å². The third kappa shape index (κ3) is 3.59. The van der Waals surface area contributed by atoms with Gasteiger partial charge in [0.05, 0.1) is 6.04 Å². The fourth-order valence-electron chi connectivity index (χ4n) is 4.35. The number of benzene rings is 3. The van der Waals surface area contributed by atoms with Gasteiger partial charge in [0.25, 0.3) is 5.91 Å². The van der Waals surface area contributed by atoms with Crippen LogP contribution in [0.25, 0.3) is 0 Å². The van der Waals surface area contributed by atoms with Crippen LogP contribution in [0.15, 0.2) is 72.8 Å². The molecule has 4 rings (SSSR count). The van der Waals surface area contributed by atoms with Gasteiger partial charge in [-0.2, -0.15) is 0 Å². The normalized spacial score (nSPS) is 16.0. The maximum Gasteiger partial charge on any atom is 0.255 e. The van der Waals surface area contributed by atoms with Crippen molar-refractivity contribution in [3.63, 3.8) is 0 Å². The van der Waals surface area contributed by atoms with Gasteiger partial charge in [-0.25, -0.2) is 4.39 Å². The van der Waals surface area contributed by atoms with Crippen molar-refractivity contribution in [1.29, 1.82) is 0 Å². The highest BCUT2D eigenvalue weighted by atomic mass is 19.1. The molecule has 0 heterocycles. The molecule has 2 N–H and O–H groups in total. The van der Waals surface area contributed by atoms with Crippen molar-refractivity contribution >= 4 is 11.8 Å². The van der Waals surface area contributed by atoms with E-state index < -0.39 is 18.0 Å². The molecule has 0 spiro atoms. The number of halogens is 1. The van der Waals surface area contributed by atoms with Crippen LogP contribution in [0.2, 0.25) is 0 Å². The van der Waals surface area contributed by atoms with Gasteiger partial charge in [-0.3, -0.25) is 9.59 Å². The van der Waals surface area contributed by atoms with Crippen molar-refractivity contribution in [2.75, 3.05) is 0 Å². The largest absolute Gasteiger partial charge is 0.368 e. The zero-order valence-corrected chi connectivity index (χ0v) is 16.7. The number of hydrogen-bond acceptors (Lipinski definition) is 2. The predicted octanol–water partition coefficient (Wildman–Crippen LogP) is 4.49. The fraction of sp³-hybridized carbons (Fsp3) is 0.200. The molecule has 1 aliphatic carbocycles. The Labute approximate surface area is 175 Å². The van der Waals surface area contributed by atoms with Crippen LogP contribution in [-0.4, -0.2) is 16.7 Å². The lowest BCUT2D eigenvalue weighted by atomic mass is 9.97. The summed E-state index contributed by atoms with van der Waals surface area (Å²) in [6.07, 6.45) is 1.04. The van der Waals surface area contributed by atoms with Crippen molar-refractivity contribution in [3.05, 3.63) is 106 Å². The van der Waals surface area contributed by atoms with E-state index >= 15 is 0 Å². The Morgan fingerprint density at radius 1 is 1.03 bits per heavy atom. The Hall–Kier alpha value is -3.47. The van der Waals surface area contributed by atoms with E-state index in [4.69, 9.17) is 5.73 Å². The first kappa shape index (κ1) is 19.8. The van der Waals surface area contributed by atoms with E-state index in [1.165, 1.54) is 11.0 Å². The monoisotopic (exact) mass is 402 g/mol. The summed E-state index contributed by atoms with van der Waals surface area (Å²) in [6.45, 7) is 1.82. The Balaban J connectivity index is 1.88. The van der Waals surface area contributed by atoms with Crippen LogP contribution in [0.5, 0.6) is 0 Å². The van der Waals surface area contributed by atoms with Crippen LogP contribution in [-0.2, 0) is 11.2 Å². The Bertz CT molecular complexity index is 1080. The summed E-state index contributed by atoms with van der Waals surface area (Å²) in [5.74, 6) is -1.19. The lowest BCUT2D eigenvalue weighted by Crippen LogP contribution is -2.43. The summed E-state index contributed by atoms with van der Waals surface area (Å²) in [6, 6.07) is 19.8. The molecule has 3 aromatic rings. The molecule has 0 unspecified atom stereocenters. The molecule has 0 fully saturated rings. The number of aryl methyl sites for hydroxylation is 1. The van der Waals surface area contributed by atoms with Crippen molar-refractivity contribution in [1.82, 2.24) is 4.90 Å². The molecule has 0 saturated heterocycles. The number of amides is 2. The maximum absolute atomic E-state index is 14.6. The molecule has 4 nitrogen and oxygen atoms in total. The number of rotatable bonds is 5. The van der Waals surface area contributed by atoms with Gasteiger partial charge < -0.3 is 10.6 Å². The zero-order chi connectivity index (χ0) is 21.3. The summed E-state index contributed by atoms with van der Waals surface area (Å²) in [5, 5.41) is 0. The quantitative estimate of drug-likeness (QED) is 0.683. The summed E-state index contributed by atoms with van der Waals surface area (Å²) >= 11 is 0. The van der Waals surface area contributed by atoms with Gasteiger partial charge in [0.15, 0.2) is 0 Å². The highest BCUT2D eigenvalue weighted by Crippen LogP contribution is 2.42. The molecule has 30 heavy (non-hydrogen) atoms. The number of nitrogens with two attached hydrogens (primary N) is 1. The Morgan fingerprint density at radius 2 is 1.67 bits per heavy atom. The minimum Gasteiger partial charge on any atom is -0.368 e. The highest BCUT2D eigenvalue weighted by molar-refractivity contribution is 5.98. The minimum absolute atomic E-state index is 0.269. The molecule has 152 valence electrons. The lowest BCUT2D eigenvalue weighted by molar-refractivity contribution is -0.123. The van der Waals surface area contributed by atoms with Crippen LogP contribution < -0.4 is 5.73 Å². The third-order valence-electron chi connectivity index (χ3n) is 5.66. The van der Waals surface area contributed by atoms with Crippen molar-refractivity contribution in [2.45, 2.75) is 31.8 Å². The van der Waals surface area contributed by atoms with E-state index in [-0.39, 0.29) is 11.7 Å². The Morgan fingerprint density at radius 3 is 2.30 bits per heavy atom. The van der Waals surface area contributed by atoms with Gasteiger partial charge in [-0.05, 0) is 60.2 Å². The van der Waals surface area contributed by atoms with Gasteiger partial charge in [-0.15, -0.1) is 0 Å². The van der Waals surface area contributed by atoms with E-state index in [0.717, 1.165) is 11.1 Å². The summed E-state index contributed by atoms with van der Waals surface area (Å²) in [4.78, 5) is 27.8. The molecule has 0 bridgehead atoms. The molecule has 2 amide bonds. The van der Waals surface area contributed by atoms with Gasteiger partial charge in [-0.1, -0.05) is 54.6 Å². The average molecular weight is 402 g/mol. The standard InChI is InChI=1S/C25H23FN2O2/c1-16-14-20-19(21(26)15-16)12-13-22(20)28(25(30)18-10-6-3-7-11-18)23(24(27)29)17-8-4-2-5-9-17/h2-11,14-15,22-23H,12-13H2,1H3,(H2,27,29)/t22-,23+/m1/s1. The van der Waals surface area contributed by atoms with Crippen LogP contribution in [0.3, 0.4) is 0 Å². The van der Waals surface area contributed by atoms with E-state index in [1.807, 2.05) is 37.3 Å². The van der Waals surface area contributed by atoms with E-state index in [1.54, 1.807) is 36.4 Å². The van der Waals surface area contributed by atoms with Crippen molar-refractivity contribution in [2.24, 2.45) is 5.73 Å². The molecule has 2 atom stereocenters. The number of carbonyl (C=O) groups excluding carboxylic acids is 2. The number of fused-ring (bicyclic) bond motifs is 1. The van der Waals surface area contributed by atoms with Crippen molar-refractivity contribution < 1.29 is 14.0 Å². The summed E-state index contributed by atoms with van der Waals surface area (Å²) in [5.41, 5.74) is 9.05. The van der Waals surface area contributed by atoms with Gasteiger partial charge in [0, 0.05) is 5.56 Å². The number of carbonyl (C=O) groups is 2. The van der Waals surface area contributed by atoms with Crippen LogP contribution in [0.4, 0.5) is 4.39 Å². The molecule has 3 aromatic carbocycles. The first-order valence-corrected chi connectivity index (χ1v) is 9.98. The second-order valence-electron chi connectivity index (χ2n) is 7.66. The van der Waals surface area contributed by atoms with Crippen LogP contribution >= 0.6 is 0 Å². The first-order valence-electron chi connectivity index (χ1n) is 9.98. The highest BCUT2D eigenvalue weighted by Gasteiger charge is 2.40. The molecule has 0 aromatic heterocycles. The SMILES string of the molecule is Cc1cc(F)c2c(c1)[C@H](N(C(=O)c1ccccc1)[C@H](C(N)=O)c1ccccc1)CC2. The predicted molar refractivity (Wildman–Crippen MR) is 113 cm³/mol. The van der Waals surface area contributed by atoms with Gasteiger partial charge in [0.2, 0.25) is 5.91 Å². The Kier molecular flexibility index (Phi) is 5.36. The number of primary amides is 1. The molecule has 5 heteroatoms. The zero-order valence-electron chi connectivity index (χ0n) is 16.7. The smallest absolute Gasteiger partial charge is 0.255 e. The molecule has 1 aliphatic rings. The topological polar surface area (TPSA) is 63.4 Å².